The van der Waals surface area contributed by atoms with Crippen LogP contribution in [0.15, 0.2) is 65.6 Å². The fourth-order valence-corrected chi connectivity index (χ4v) is 5.64. The fourth-order valence-electron chi connectivity index (χ4n) is 3.88. The first-order valence-corrected chi connectivity index (χ1v) is 13.1. The highest BCUT2D eigenvalue weighted by atomic mass is 35.5. The first-order valence-electron chi connectivity index (χ1n) is 10.8. The molecule has 1 heterocycles. The molecule has 3 aromatic rings. The lowest BCUT2D eigenvalue weighted by molar-refractivity contribution is 0.0746. The van der Waals surface area contributed by atoms with E-state index in [4.69, 9.17) is 23.2 Å². The number of halogens is 2. The monoisotopic (exact) mass is 517 g/mol. The second kappa shape index (κ2) is 9.86. The van der Waals surface area contributed by atoms with Crippen LogP contribution in [0.5, 0.6) is 0 Å². The second-order valence-electron chi connectivity index (χ2n) is 8.31. The zero-order chi connectivity index (χ0) is 24.5. The van der Waals surface area contributed by atoms with Gasteiger partial charge in [-0.05, 0) is 73.5 Å². The van der Waals surface area contributed by atoms with Gasteiger partial charge >= 0.3 is 0 Å². The maximum atomic E-state index is 13.2. The summed E-state index contributed by atoms with van der Waals surface area (Å²) in [5.74, 6) is -0.231. The number of hydrogen-bond donors (Lipinski definition) is 1. The maximum absolute atomic E-state index is 13.2. The van der Waals surface area contributed by atoms with Crippen molar-refractivity contribution in [1.29, 1.82) is 0 Å². The molecular formula is C25H25Cl2N3O3S. The zero-order valence-corrected chi connectivity index (χ0v) is 21.2. The predicted octanol–water partition coefficient (Wildman–Crippen LogP) is 5.37. The molecular weight excluding hydrogens is 493 g/mol. The summed E-state index contributed by atoms with van der Waals surface area (Å²) in [7, 11) is -3.98. The van der Waals surface area contributed by atoms with Crippen LogP contribution in [0.4, 0.5) is 11.4 Å². The quantitative estimate of drug-likeness (QED) is 0.493. The van der Waals surface area contributed by atoms with Gasteiger partial charge in [0, 0.05) is 48.1 Å². The van der Waals surface area contributed by atoms with E-state index in [0.717, 1.165) is 16.8 Å². The van der Waals surface area contributed by atoms with Crippen molar-refractivity contribution in [2.24, 2.45) is 0 Å². The number of benzene rings is 3. The first kappa shape index (κ1) is 24.4. The third-order valence-corrected chi connectivity index (χ3v) is 8.06. The van der Waals surface area contributed by atoms with Crippen molar-refractivity contribution in [3.63, 3.8) is 0 Å². The van der Waals surface area contributed by atoms with Crippen LogP contribution < -0.4 is 9.62 Å². The molecule has 178 valence electrons. The van der Waals surface area contributed by atoms with E-state index in [1.165, 1.54) is 12.1 Å². The molecule has 3 aromatic carbocycles. The normalized spacial score (nSPS) is 14.2. The Morgan fingerprint density at radius 2 is 1.62 bits per heavy atom. The number of sulfonamides is 1. The molecule has 1 aliphatic heterocycles. The molecule has 1 amide bonds. The molecule has 0 atom stereocenters. The van der Waals surface area contributed by atoms with Gasteiger partial charge in [-0.1, -0.05) is 35.3 Å². The zero-order valence-electron chi connectivity index (χ0n) is 18.9. The summed E-state index contributed by atoms with van der Waals surface area (Å²) in [6, 6.07) is 17.3. The molecule has 34 heavy (non-hydrogen) atoms. The van der Waals surface area contributed by atoms with Crippen LogP contribution in [0, 0.1) is 13.8 Å². The lowest BCUT2D eigenvalue weighted by atomic mass is 10.1. The summed E-state index contributed by atoms with van der Waals surface area (Å²) in [4.78, 5) is 16.9. The third-order valence-electron chi connectivity index (χ3n) is 5.97. The number of rotatable bonds is 5. The lowest BCUT2D eigenvalue weighted by Crippen LogP contribution is -2.48. The smallest absolute Gasteiger partial charge is 0.263 e. The number of aryl methyl sites for hydroxylation is 2. The van der Waals surface area contributed by atoms with Gasteiger partial charge in [0.05, 0.1) is 5.02 Å². The fraction of sp³-hybridized carbons (Fsp3) is 0.240. The van der Waals surface area contributed by atoms with Crippen LogP contribution in [-0.4, -0.2) is 45.4 Å². The van der Waals surface area contributed by atoms with Gasteiger partial charge in [0.1, 0.15) is 4.90 Å². The van der Waals surface area contributed by atoms with E-state index in [1.54, 1.807) is 23.1 Å². The molecule has 4 rings (SSSR count). The van der Waals surface area contributed by atoms with Gasteiger partial charge in [0.25, 0.3) is 15.9 Å². The molecule has 1 N–H and O–H groups in total. The topological polar surface area (TPSA) is 69.7 Å². The molecule has 0 bridgehead atoms. The molecule has 0 aromatic heterocycles. The van der Waals surface area contributed by atoms with Crippen molar-refractivity contribution < 1.29 is 13.2 Å². The highest BCUT2D eigenvalue weighted by Gasteiger charge is 2.25. The molecule has 0 unspecified atom stereocenters. The van der Waals surface area contributed by atoms with Crippen LogP contribution >= 0.6 is 23.2 Å². The van der Waals surface area contributed by atoms with Gasteiger partial charge in [-0.25, -0.2) is 8.42 Å². The van der Waals surface area contributed by atoms with Crippen molar-refractivity contribution in [2.75, 3.05) is 35.8 Å². The molecule has 1 saturated heterocycles. The summed E-state index contributed by atoms with van der Waals surface area (Å²) in [5, 5.41) is 0.721. The molecule has 0 radical (unpaired) electrons. The van der Waals surface area contributed by atoms with Gasteiger partial charge in [-0.2, -0.15) is 0 Å². The summed E-state index contributed by atoms with van der Waals surface area (Å²) in [5.41, 5.74) is 3.75. The summed E-state index contributed by atoms with van der Waals surface area (Å²) in [6.07, 6.45) is 0. The van der Waals surface area contributed by atoms with Crippen LogP contribution in [-0.2, 0) is 10.0 Å². The van der Waals surface area contributed by atoms with Crippen molar-refractivity contribution in [3.05, 3.63) is 87.4 Å². The molecule has 6 nitrogen and oxygen atoms in total. The summed E-state index contributed by atoms with van der Waals surface area (Å²) < 4.78 is 28.7. The van der Waals surface area contributed by atoms with Crippen molar-refractivity contribution >= 4 is 50.5 Å². The van der Waals surface area contributed by atoms with Gasteiger partial charge in [-0.15, -0.1) is 0 Å². The number of amides is 1. The third kappa shape index (κ3) is 5.32. The minimum absolute atomic E-state index is 0.0543. The second-order valence-corrected chi connectivity index (χ2v) is 10.8. The number of nitrogens with zero attached hydrogens (tertiary/aromatic N) is 2. The van der Waals surface area contributed by atoms with Crippen molar-refractivity contribution in [3.8, 4) is 0 Å². The van der Waals surface area contributed by atoms with E-state index < -0.39 is 10.0 Å². The number of hydrogen-bond acceptors (Lipinski definition) is 4. The Bertz CT molecular complexity index is 1340. The standard InChI is InChI=1S/C25H25Cl2N3O3S/c1-17-6-8-21(14-18(17)2)28-34(32,33)24-15-19(7-9-23(24)27)25(31)30-12-10-29(11-13-30)22-5-3-4-20(26)16-22/h3-9,14-16,28H,10-13H2,1-2H3. The van der Waals surface area contributed by atoms with Crippen LogP contribution in [0.3, 0.4) is 0 Å². The largest absolute Gasteiger partial charge is 0.368 e. The lowest BCUT2D eigenvalue weighted by Gasteiger charge is -2.36. The number of carbonyl (C=O) groups excluding carboxylic acids is 1. The maximum Gasteiger partial charge on any atom is 0.263 e. The number of piperazine rings is 1. The molecule has 9 heteroatoms. The summed E-state index contributed by atoms with van der Waals surface area (Å²) in [6.45, 7) is 6.19. The molecule has 1 fully saturated rings. The average molecular weight is 518 g/mol. The van der Waals surface area contributed by atoms with Gasteiger partial charge in [0.15, 0.2) is 0 Å². The van der Waals surface area contributed by atoms with E-state index in [-0.39, 0.29) is 21.4 Å². The Morgan fingerprint density at radius 3 is 2.29 bits per heavy atom. The number of anilines is 2. The van der Waals surface area contributed by atoms with Gasteiger partial charge in [0.2, 0.25) is 0 Å². The molecule has 0 aliphatic carbocycles. The van der Waals surface area contributed by atoms with E-state index in [1.807, 2.05) is 44.2 Å². The van der Waals surface area contributed by atoms with E-state index in [0.29, 0.717) is 36.9 Å². The average Bonchev–Trinajstić information content (AvgIpc) is 2.81. The predicted molar refractivity (Wildman–Crippen MR) is 138 cm³/mol. The molecule has 0 saturated carbocycles. The van der Waals surface area contributed by atoms with Crippen molar-refractivity contribution in [1.82, 2.24) is 4.90 Å². The Hall–Kier alpha value is -2.74. The molecule has 0 spiro atoms. The Morgan fingerprint density at radius 1 is 0.882 bits per heavy atom. The first-order chi connectivity index (χ1) is 16.1. The minimum atomic E-state index is -3.98. The Balaban J connectivity index is 1.50. The summed E-state index contributed by atoms with van der Waals surface area (Å²) >= 11 is 12.3. The number of carbonyl (C=O) groups is 1. The Labute approximate surface area is 210 Å². The van der Waals surface area contributed by atoms with Gasteiger partial charge < -0.3 is 9.80 Å². The van der Waals surface area contributed by atoms with E-state index in [2.05, 4.69) is 9.62 Å². The molecule has 1 aliphatic rings. The van der Waals surface area contributed by atoms with Crippen LogP contribution in [0.2, 0.25) is 10.0 Å². The minimum Gasteiger partial charge on any atom is -0.368 e. The highest BCUT2D eigenvalue weighted by Crippen LogP contribution is 2.27. The highest BCUT2D eigenvalue weighted by molar-refractivity contribution is 7.92. The Kier molecular flexibility index (Phi) is 7.07. The van der Waals surface area contributed by atoms with Gasteiger partial charge in [-0.3, -0.25) is 9.52 Å². The van der Waals surface area contributed by atoms with Crippen LogP contribution in [0.25, 0.3) is 0 Å². The van der Waals surface area contributed by atoms with Crippen molar-refractivity contribution in [2.45, 2.75) is 18.7 Å². The van der Waals surface area contributed by atoms with Crippen LogP contribution in [0.1, 0.15) is 21.5 Å². The van der Waals surface area contributed by atoms with E-state index in [9.17, 15) is 13.2 Å². The van der Waals surface area contributed by atoms with E-state index >= 15 is 0 Å². The number of nitrogens with one attached hydrogen (secondary N) is 1. The SMILES string of the molecule is Cc1ccc(NS(=O)(=O)c2cc(C(=O)N3CCN(c4cccc(Cl)c4)CC3)ccc2Cl)cc1C.